The summed E-state index contributed by atoms with van der Waals surface area (Å²) < 4.78 is 5.61. The van der Waals surface area contributed by atoms with E-state index in [0.29, 0.717) is 21.7 Å². The number of primary amides is 1. The number of carbonyl (C=O) groups excluding carboxylic acids is 2. The van der Waals surface area contributed by atoms with E-state index in [-0.39, 0.29) is 5.76 Å². The Balaban J connectivity index is 1.94. The third-order valence-electron chi connectivity index (χ3n) is 3.80. The predicted octanol–water partition coefficient (Wildman–Crippen LogP) is 3.35. The van der Waals surface area contributed by atoms with Crippen molar-refractivity contribution in [2.45, 2.75) is 13.0 Å². The van der Waals surface area contributed by atoms with Crippen molar-refractivity contribution < 1.29 is 14.0 Å². The molecule has 1 heterocycles. The summed E-state index contributed by atoms with van der Waals surface area (Å²) in [7, 11) is 0. The van der Waals surface area contributed by atoms with E-state index in [9.17, 15) is 9.59 Å². The number of rotatable bonds is 4. The Morgan fingerprint density at radius 3 is 2.54 bits per heavy atom. The molecule has 3 aromatic rings. The average Bonchev–Trinajstić information content (AvgIpc) is 2.89. The molecule has 0 fully saturated rings. The van der Waals surface area contributed by atoms with E-state index in [1.54, 1.807) is 49.4 Å². The fourth-order valence-electron chi connectivity index (χ4n) is 2.57. The summed E-state index contributed by atoms with van der Waals surface area (Å²) in [6.07, 6.45) is 0. The minimum atomic E-state index is -0.935. The minimum Gasteiger partial charge on any atom is -0.451 e. The number of nitrogens with two attached hydrogens (primary N) is 1. The van der Waals surface area contributed by atoms with Gasteiger partial charge in [0.05, 0.1) is 0 Å². The van der Waals surface area contributed by atoms with Crippen molar-refractivity contribution in [3.05, 3.63) is 70.4 Å². The molecule has 0 aliphatic carbocycles. The van der Waals surface area contributed by atoms with Crippen molar-refractivity contribution in [1.82, 2.24) is 5.32 Å². The third-order valence-corrected chi connectivity index (χ3v) is 4.03. The molecule has 3 rings (SSSR count). The molecule has 0 spiro atoms. The van der Waals surface area contributed by atoms with Crippen LogP contribution in [0.5, 0.6) is 0 Å². The van der Waals surface area contributed by atoms with Crippen LogP contribution in [0, 0.1) is 6.92 Å². The highest BCUT2D eigenvalue weighted by atomic mass is 35.5. The van der Waals surface area contributed by atoms with Crippen LogP contribution in [0.2, 0.25) is 5.02 Å². The maximum Gasteiger partial charge on any atom is 0.288 e. The molecular weight excluding hydrogens is 328 g/mol. The van der Waals surface area contributed by atoms with Crippen LogP contribution in [0.25, 0.3) is 11.0 Å². The normalized spacial score (nSPS) is 12.1. The van der Waals surface area contributed by atoms with Gasteiger partial charge >= 0.3 is 0 Å². The summed E-state index contributed by atoms with van der Waals surface area (Å²) >= 11 is 5.98. The molecule has 6 heteroatoms. The SMILES string of the molecule is Cc1c(C(=O)N[C@H](C(N)=O)c2ccccc2)oc2ccc(Cl)cc12. The third kappa shape index (κ3) is 2.98. The lowest BCUT2D eigenvalue weighted by Crippen LogP contribution is -2.37. The molecule has 0 radical (unpaired) electrons. The predicted molar refractivity (Wildman–Crippen MR) is 91.8 cm³/mol. The Labute approximate surface area is 143 Å². The summed E-state index contributed by atoms with van der Waals surface area (Å²) in [5.74, 6) is -1.02. The topological polar surface area (TPSA) is 85.3 Å². The lowest BCUT2D eigenvalue weighted by atomic mass is 10.1. The van der Waals surface area contributed by atoms with Crippen molar-refractivity contribution in [3.8, 4) is 0 Å². The highest BCUT2D eigenvalue weighted by Crippen LogP contribution is 2.28. The standard InChI is InChI=1S/C18H15ClN2O3/c1-10-13-9-12(19)7-8-14(13)24-16(10)18(23)21-15(17(20)22)11-5-3-2-4-6-11/h2-9,15H,1H3,(H2,20,22)(H,21,23)/t15-/m0/s1. The number of fused-ring (bicyclic) bond motifs is 1. The zero-order chi connectivity index (χ0) is 17.3. The zero-order valence-corrected chi connectivity index (χ0v) is 13.6. The molecule has 0 saturated heterocycles. The van der Waals surface area contributed by atoms with Gasteiger partial charge in [0.2, 0.25) is 5.91 Å². The van der Waals surface area contributed by atoms with Crippen LogP contribution in [0.1, 0.15) is 27.7 Å². The van der Waals surface area contributed by atoms with Crippen LogP contribution in [-0.2, 0) is 4.79 Å². The number of nitrogens with one attached hydrogen (secondary N) is 1. The first-order valence-electron chi connectivity index (χ1n) is 7.31. The molecular formula is C18H15ClN2O3. The maximum atomic E-state index is 12.6. The number of amides is 2. The molecule has 0 aliphatic heterocycles. The minimum absolute atomic E-state index is 0.134. The van der Waals surface area contributed by atoms with Gasteiger partial charge in [0.25, 0.3) is 5.91 Å². The molecule has 2 amide bonds. The van der Waals surface area contributed by atoms with E-state index in [1.807, 2.05) is 6.07 Å². The van der Waals surface area contributed by atoms with Crippen LogP contribution >= 0.6 is 11.6 Å². The Morgan fingerprint density at radius 1 is 1.17 bits per heavy atom. The number of halogens is 1. The van der Waals surface area contributed by atoms with Crippen LogP contribution in [0.4, 0.5) is 0 Å². The molecule has 0 saturated carbocycles. The van der Waals surface area contributed by atoms with Gasteiger partial charge in [-0.2, -0.15) is 0 Å². The summed E-state index contributed by atoms with van der Waals surface area (Å²) in [6.45, 7) is 1.76. The van der Waals surface area contributed by atoms with Crippen LogP contribution < -0.4 is 11.1 Å². The molecule has 0 aliphatic rings. The van der Waals surface area contributed by atoms with Gasteiger partial charge in [0, 0.05) is 16.0 Å². The summed E-state index contributed by atoms with van der Waals surface area (Å²) in [5.41, 5.74) is 7.24. The van der Waals surface area contributed by atoms with Gasteiger partial charge in [-0.05, 0) is 30.7 Å². The lowest BCUT2D eigenvalue weighted by Gasteiger charge is -2.15. The van der Waals surface area contributed by atoms with Gasteiger partial charge in [-0.1, -0.05) is 41.9 Å². The van der Waals surface area contributed by atoms with Crippen molar-refractivity contribution in [2.75, 3.05) is 0 Å². The van der Waals surface area contributed by atoms with E-state index in [0.717, 1.165) is 5.39 Å². The quantitative estimate of drug-likeness (QED) is 0.762. The Kier molecular flexibility index (Phi) is 4.27. The van der Waals surface area contributed by atoms with Gasteiger partial charge in [-0.25, -0.2) is 0 Å². The molecule has 3 N–H and O–H groups in total. The first kappa shape index (κ1) is 16.1. The van der Waals surface area contributed by atoms with Crippen molar-refractivity contribution in [1.29, 1.82) is 0 Å². The number of hydrogen-bond acceptors (Lipinski definition) is 3. The number of furan rings is 1. The van der Waals surface area contributed by atoms with E-state index in [4.69, 9.17) is 21.8 Å². The van der Waals surface area contributed by atoms with Crippen LogP contribution in [0.3, 0.4) is 0 Å². The van der Waals surface area contributed by atoms with Gasteiger partial charge in [0.15, 0.2) is 5.76 Å². The molecule has 24 heavy (non-hydrogen) atoms. The molecule has 1 atom stereocenters. The smallest absolute Gasteiger partial charge is 0.288 e. The Morgan fingerprint density at radius 2 is 1.88 bits per heavy atom. The van der Waals surface area contributed by atoms with Gasteiger partial charge in [-0.15, -0.1) is 0 Å². The fourth-order valence-corrected chi connectivity index (χ4v) is 2.74. The van der Waals surface area contributed by atoms with E-state index in [1.165, 1.54) is 0 Å². The molecule has 1 aromatic heterocycles. The second-order valence-corrected chi connectivity index (χ2v) is 5.85. The second kappa shape index (κ2) is 6.37. The highest BCUT2D eigenvalue weighted by molar-refractivity contribution is 6.31. The van der Waals surface area contributed by atoms with Gasteiger partial charge in [-0.3, -0.25) is 9.59 Å². The Hall–Kier alpha value is -2.79. The largest absolute Gasteiger partial charge is 0.451 e. The zero-order valence-electron chi connectivity index (χ0n) is 12.9. The van der Waals surface area contributed by atoms with E-state index >= 15 is 0 Å². The Bertz CT molecular complexity index is 919. The van der Waals surface area contributed by atoms with E-state index in [2.05, 4.69) is 5.32 Å². The fraction of sp³-hybridized carbons (Fsp3) is 0.111. The molecule has 122 valence electrons. The summed E-state index contributed by atoms with van der Waals surface area (Å²) in [4.78, 5) is 24.3. The molecule has 0 bridgehead atoms. The van der Waals surface area contributed by atoms with Crippen molar-refractivity contribution >= 4 is 34.4 Å². The summed E-state index contributed by atoms with van der Waals surface area (Å²) in [5, 5.41) is 3.93. The van der Waals surface area contributed by atoms with Gasteiger partial charge < -0.3 is 15.5 Å². The number of benzene rings is 2. The van der Waals surface area contributed by atoms with Crippen LogP contribution in [-0.4, -0.2) is 11.8 Å². The first-order chi connectivity index (χ1) is 11.5. The highest BCUT2D eigenvalue weighted by Gasteiger charge is 2.24. The molecule has 0 unspecified atom stereocenters. The van der Waals surface area contributed by atoms with Gasteiger partial charge in [0.1, 0.15) is 11.6 Å². The number of carbonyl (C=O) groups is 2. The lowest BCUT2D eigenvalue weighted by molar-refractivity contribution is -0.120. The van der Waals surface area contributed by atoms with Crippen LogP contribution in [0.15, 0.2) is 52.9 Å². The molecule has 2 aromatic carbocycles. The second-order valence-electron chi connectivity index (χ2n) is 5.42. The monoisotopic (exact) mass is 342 g/mol. The maximum absolute atomic E-state index is 12.6. The number of aryl methyl sites for hydroxylation is 1. The first-order valence-corrected chi connectivity index (χ1v) is 7.69. The van der Waals surface area contributed by atoms with Crippen molar-refractivity contribution in [3.63, 3.8) is 0 Å². The molecule has 5 nitrogen and oxygen atoms in total. The van der Waals surface area contributed by atoms with Crippen molar-refractivity contribution in [2.24, 2.45) is 5.73 Å². The summed E-state index contributed by atoms with van der Waals surface area (Å²) in [6, 6.07) is 13.0. The van der Waals surface area contributed by atoms with E-state index < -0.39 is 17.9 Å². The number of hydrogen-bond donors (Lipinski definition) is 2. The average molecular weight is 343 g/mol.